The smallest absolute Gasteiger partial charge is 0.261 e. The van der Waals surface area contributed by atoms with Crippen molar-refractivity contribution in [3.05, 3.63) is 82.0 Å². The van der Waals surface area contributed by atoms with Crippen LogP contribution in [-0.4, -0.2) is 43.8 Å². The minimum atomic E-state index is -0.337. The van der Waals surface area contributed by atoms with Crippen LogP contribution in [0.4, 0.5) is 11.5 Å². The molecular weight excluding hydrogens is 554 g/mol. The fourth-order valence-electron chi connectivity index (χ4n) is 4.94. The highest BCUT2D eigenvalue weighted by Crippen LogP contribution is 2.40. The van der Waals surface area contributed by atoms with Crippen LogP contribution in [0.3, 0.4) is 0 Å². The number of hydrogen-bond donors (Lipinski definition) is 1. The van der Waals surface area contributed by atoms with E-state index in [-0.39, 0.29) is 24.0 Å². The summed E-state index contributed by atoms with van der Waals surface area (Å²) in [5, 5.41) is 4.13. The molecule has 5 aromatic rings. The van der Waals surface area contributed by atoms with Gasteiger partial charge in [-0.05, 0) is 55.3 Å². The zero-order valence-electron chi connectivity index (χ0n) is 19.2. The maximum atomic E-state index is 13.0. The number of amides is 2. The van der Waals surface area contributed by atoms with Crippen molar-refractivity contribution in [2.45, 2.75) is 25.0 Å². The standard InChI is InChI=1S/C27H18BrN5O3S/c28-14-9-19-24(25(30-12-29-19)32-15-5-6-18-23(11-15)37-13-31-18)22(10-14)36-21-8-7-20(21)33-26(34)16-3-1-2-4-17(16)27(33)35/h1-6,9-13,20-21H,7-8H2,(H,29,30,32)/t20-,21+/m0/s1. The Kier molecular flexibility index (Phi) is 5.19. The monoisotopic (exact) mass is 571 g/mol. The second kappa shape index (κ2) is 8.60. The van der Waals surface area contributed by atoms with E-state index >= 15 is 0 Å². The zero-order valence-corrected chi connectivity index (χ0v) is 21.6. The van der Waals surface area contributed by atoms with Crippen molar-refractivity contribution in [2.75, 3.05) is 5.32 Å². The Hall–Kier alpha value is -3.89. The van der Waals surface area contributed by atoms with Gasteiger partial charge in [-0.3, -0.25) is 14.5 Å². The van der Waals surface area contributed by atoms with E-state index in [1.807, 2.05) is 35.8 Å². The molecule has 1 aliphatic heterocycles. The third-order valence-corrected chi connectivity index (χ3v) is 8.12. The summed E-state index contributed by atoms with van der Waals surface area (Å²) in [7, 11) is 0. The number of carbonyl (C=O) groups excluding carboxylic acids is 2. The quantitative estimate of drug-likeness (QED) is 0.260. The SMILES string of the molecule is O=C1c2ccccc2C(=O)N1[C@H]1CC[C@H]1Oc1cc(Br)cc2ncnc(Nc3ccc4ncsc4c3)c12. The molecule has 37 heavy (non-hydrogen) atoms. The van der Waals surface area contributed by atoms with Gasteiger partial charge >= 0.3 is 0 Å². The number of aromatic nitrogens is 3. The van der Waals surface area contributed by atoms with Gasteiger partial charge < -0.3 is 10.1 Å². The Morgan fingerprint density at radius 1 is 0.946 bits per heavy atom. The molecule has 0 spiro atoms. The summed E-state index contributed by atoms with van der Waals surface area (Å²) in [5.41, 5.74) is 5.24. The molecule has 0 radical (unpaired) electrons. The van der Waals surface area contributed by atoms with Gasteiger partial charge in [-0.2, -0.15) is 0 Å². The van der Waals surface area contributed by atoms with Gasteiger partial charge in [-0.15, -0.1) is 11.3 Å². The van der Waals surface area contributed by atoms with Crippen molar-refractivity contribution in [1.82, 2.24) is 19.9 Å². The molecule has 10 heteroatoms. The maximum Gasteiger partial charge on any atom is 0.261 e. The first-order valence-electron chi connectivity index (χ1n) is 11.7. The van der Waals surface area contributed by atoms with E-state index in [1.54, 1.807) is 35.6 Å². The third kappa shape index (κ3) is 3.67. The lowest BCUT2D eigenvalue weighted by molar-refractivity contribution is 0.00651. The van der Waals surface area contributed by atoms with Crippen LogP contribution in [0.1, 0.15) is 33.6 Å². The van der Waals surface area contributed by atoms with Crippen LogP contribution in [-0.2, 0) is 0 Å². The number of nitrogens with one attached hydrogen (secondary N) is 1. The molecule has 3 heterocycles. The van der Waals surface area contributed by atoms with Crippen molar-refractivity contribution in [3.63, 3.8) is 0 Å². The summed E-state index contributed by atoms with van der Waals surface area (Å²) in [6.45, 7) is 0. The average molecular weight is 572 g/mol. The van der Waals surface area contributed by atoms with Crippen molar-refractivity contribution in [2.24, 2.45) is 0 Å². The number of rotatable bonds is 5. The van der Waals surface area contributed by atoms with Gasteiger partial charge in [0.1, 0.15) is 24.0 Å². The minimum Gasteiger partial charge on any atom is -0.487 e. The summed E-state index contributed by atoms with van der Waals surface area (Å²) >= 11 is 5.14. The molecule has 3 aromatic carbocycles. The number of thiazole rings is 1. The van der Waals surface area contributed by atoms with Gasteiger partial charge in [0.05, 0.1) is 43.8 Å². The first-order valence-corrected chi connectivity index (χ1v) is 13.4. The first kappa shape index (κ1) is 22.3. The molecule has 1 fully saturated rings. The Labute approximate surface area is 223 Å². The molecule has 0 saturated heterocycles. The maximum absolute atomic E-state index is 13.0. The van der Waals surface area contributed by atoms with Gasteiger partial charge in [0.15, 0.2) is 0 Å². The normalized spacial score (nSPS) is 18.8. The molecule has 2 aliphatic rings. The summed E-state index contributed by atoms with van der Waals surface area (Å²) in [4.78, 5) is 40.8. The number of nitrogens with zero attached hydrogens (tertiary/aromatic N) is 4. The molecule has 2 amide bonds. The zero-order chi connectivity index (χ0) is 25.1. The van der Waals surface area contributed by atoms with E-state index in [1.165, 1.54) is 11.2 Å². The lowest BCUT2D eigenvalue weighted by atomic mass is 9.87. The van der Waals surface area contributed by atoms with Crippen LogP contribution in [0.2, 0.25) is 0 Å². The molecule has 1 saturated carbocycles. The predicted molar refractivity (Wildman–Crippen MR) is 145 cm³/mol. The highest BCUT2D eigenvalue weighted by molar-refractivity contribution is 9.10. The Balaban J connectivity index is 1.22. The molecule has 182 valence electrons. The highest BCUT2D eigenvalue weighted by atomic mass is 79.9. The number of hydrogen-bond acceptors (Lipinski definition) is 8. The number of imide groups is 1. The predicted octanol–water partition coefficient (Wildman–Crippen LogP) is 5.95. The van der Waals surface area contributed by atoms with Gasteiger partial charge in [-0.1, -0.05) is 28.1 Å². The van der Waals surface area contributed by atoms with Crippen LogP contribution in [0, 0.1) is 0 Å². The fourth-order valence-corrected chi connectivity index (χ4v) is 6.08. The lowest BCUT2D eigenvalue weighted by Gasteiger charge is -2.41. The molecule has 2 atom stereocenters. The van der Waals surface area contributed by atoms with Crippen molar-refractivity contribution in [3.8, 4) is 5.75 Å². The number of fused-ring (bicyclic) bond motifs is 3. The van der Waals surface area contributed by atoms with E-state index in [4.69, 9.17) is 4.74 Å². The number of anilines is 2. The Bertz CT molecular complexity index is 1700. The van der Waals surface area contributed by atoms with Crippen molar-refractivity contribution < 1.29 is 14.3 Å². The van der Waals surface area contributed by atoms with E-state index in [0.717, 1.165) is 32.2 Å². The molecule has 8 nitrogen and oxygen atoms in total. The first-order chi connectivity index (χ1) is 18.1. The minimum absolute atomic E-state index is 0.262. The van der Waals surface area contributed by atoms with Crippen molar-refractivity contribution in [1.29, 1.82) is 0 Å². The molecular formula is C27H18BrN5O3S. The molecule has 7 rings (SSSR count). The molecule has 1 aliphatic carbocycles. The van der Waals surface area contributed by atoms with Crippen LogP contribution < -0.4 is 10.1 Å². The number of carbonyl (C=O) groups is 2. The van der Waals surface area contributed by atoms with Gasteiger partial charge in [-0.25, -0.2) is 15.0 Å². The summed E-state index contributed by atoms with van der Waals surface area (Å²) < 4.78 is 8.38. The van der Waals surface area contributed by atoms with E-state index in [2.05, 4.69) is 36.2 Å². The van der Waals surface area contributed by atoms with Crippen LogP contribution >= 0.6 is 27.3 Å². The molecule has 2 aromatic heterocycles. The number of ether oxygens (including phenoxy) is 1. The Morgan fingerprint density at radius 3 is 2.51 bits per heavy atom. The number of halogens is 1. The van der Waals surface area contributed by atoms with Gasteiger partial charge in [0.2, 0.25) is 0 Å². The van der Waals surface area contributed by atoms with E-state index < -0.39 is 0 Å². The Morgan fingerprint density at radius 2 is 1.76 bits per heavy atom. The van der Waals surface area contributed by atoms with E-state index in [0.29, 0.717) is 34.6 Å². The second-order valence-corrected chi connectivity index (χ2v) is 10.8. The van der Waals surface area contributed by atoms with Crippen LogP contribution in [0.5, 0.6) is 5.75 Å². The average Bonchev–Trinajstić information content (AvgIpc) is 3.45. The lowest BCUT2D eigenvalue weighted by Crippen LogP contribution is -2.55. The molecule has 0 unspecified atom stereocenters. The molecule has 1 N–H and O–H groups in total. The van der Waals surface area contributed by atoms with Gasteiger partial charge in [0.25, 0.3) is 11.8 Å². The largest absolute Gasteiger partial charge is 0.487 e. The summed E-state index contributed by atoms with van der Waals surface area (Å²) in [5.74, 6) is 0.662. The highest BCUT2D eigenvalue weighted by Gasteiger charge is 2.47. The number of benzene rings is 3. The molecule has 0 bridgehead atoms. The second-order valence-electron chi connectivity index (χ2n) is 9.01. The van der Waals surface area contributed by atoms with Crippen LogP contribution in [0.25, 0.3) is 21.1 Å². The summed E-state index contributed by atoms with van der Waals surface area (Å²) in [6.07, 6.45) is 2.60. The fraction of sp³-hybridized carbons (Fsp3) is 0.148. The summed E-state index contributed by atoms with van der Waals surface area (Å²) in [6, 6.07) is 16.3. The van der Waals surface area contributed by atoms with Gasteiger partial charge in [0, 0.05) is 10.2 Å². The topological polar surface area (TPSA) is 97.3 Å². The van der Waals surface area contributed by atoms with Crippen molar-refractivity contribution >= 4 is 71.7 Å². The third-order valence-electron chi connectivity index (χ3n) is 6.87. The van der Waals surface area contributed by atoms with Crippen LogP contribution in [0.15, 0.2) is 70.9 Å². The van der Waals surface area contributed by atoms with E-state index in [9.17, 15) is 9.59 Å².